The molecule has 0 fully saturated rings. The molecule has 0 heterocycles. The van der Waals surface area contributed by atoms with Gasteiger partial charge in [-0.2, -0.15) is 0 Å². The third-order valence-electron chi connectivity index (χ3n) is 3.09. The van der Waals surface area contributed by atoms with Gasteiger partial charge in [-0.25, -0.2) is 0 Å². The Kier molecular flexibility index (Phi) is 3.51. The molecule has 2 aromatic carbocycles. The van der Waals surface area contributed by atoms with Crippen molar-refractivity contribution in [3.8, 4) is 11.1 Å². The number of rotatable bonds is 2. The van der Waals surface area contributed by atoms with Crippen LogP contribution >= 0.6 is 11.6 Å². The molecule has 2 heteroatoms. The molecule has 0 aromatic heterocycles. The van der Waals surface area contributed by atoms with Gasteiger partial charge in [0, 0.05) is 17.1 Å². The van der Waals surface area contributed by atoms with Crippen LogP contribution in [0.4, 0.5) is 0 Å². The van der Waals surface area contributed by atoms with Crippen LogP contribution in [-0.2, 0) is 6.54 Å². The number of hydrogen-bond acceptors (Lipinski definition) is 1. The molecule has 1 nitrogen and oxygen atoms in total. The minimum atomic E-state index is 0.521. The van der Waals surface area contributed by atoms with E-state index in [4.69, 9.17) is 17.3 Å². The molecule has 0 atom stereocenters. The minimum absolute atomic E-state index is 0.521. The van der Waals surface area contributed by atoms with E-state index >= 15 is 0 Å². The molecule has 0 amide bonds. The second kappa shape index (κ2) is 4.91. The lowest BCUT2D eigenvalue weighted by Gasteiger charge is -2.08. The van der Waals surface area contributed by atoms with E-state index in [-0.39, 0.29) is 0 Å². The smallest absolute Gasteiger partial charge is 0.0487 e. The number of aryl methyl sites for hydroxylation is 2. The van der Waals surface area contributed by atoms with Crippen molar-refractivity contribution in [3.05, 3.63) is 58.1 Å². The van der Waals surface area contributed by atoms with Gasteiger partial charge >= 0.3 is 0 Å². The molecule has 0 unspecified atom stereocenters. The second-order valence-electron chi connectivity index (χ2n) is 4.32. The largest absolute Gasteiger partial charge is 0.326 e. The van der Waals surface area contributed by atoms with Gasteiger partial charge in [-0.05, 0) is 42.2 Å². The summed E-state index contributed by atoms with van der Waals surface area (Å²) in [5.41, 5.74) is 11.4. The van der Waals surface area contributed by atoms with Crippen LogP contribution in [0.1, 0.15) is 16.7 Å². The van der Waals surface area contributed by atoms with E-state index in [1.54, 1.807) is 0 Å². The molecule has 0 saturated carbocycles. The summed E-state index contributed by atoms with van der Waals surface area (Å²) in [5.74, 6) is 0. The van der Waals surface area contributed by atoms with Gasteiger partial charge in [0.1, 0.15) is 0 Å². The van der Waals surface area contributed by atoms with Crippen LogP contribution in [0.2, 0.25) is 5.02 Å². The molecule has 0 radical (unpaired) electrons. The molecule has 17 heavy (non-hydrogen) atoms. The van der Waals surface area contributed by atoms with Crippen LogP contribution in [0.3, 0.4) is 0 Å². The predicted molar refractivity (Wildman–Crippen MR) is 74.3 cm³/mol. The first-order valence-electron chi connectivity index (χ1n) is 5.68. The highest BCUT2D eigenvalue weighted by atomic mass is 35.5. The van der Waals surface area contributed by atoms with E-state index in [2.05, 4.69) is 32.0 Å². The summed E-state index contributed by atoms with van der Waals surface area (Å²) in [7, 11) is 0. The van der Waals surface area contributed by atoms with Crippen molar-refractivity contribution in [2.75, 3.05) is 0 Å². The molecule has 2 aromatic rings. The van der Waals surface area contributed by atoms with Crippen LogP contribution in [0.15, 0.2) is 36.4 Å². The van der Waals surface area contributed by atoms with Gasteiger partial charge in [0.15, 0.2) is 0 Å². The summed E-state index contributed by atoms with van der Waals surface area (Å²) < 4.78 is 0. The first kappa shape index (κ1) is 12.2. The Bertz CT molecular complexity index is 547. The maximum Gasteiger partial charge on any atom is 0.0487 e. The number of halogens is 1. The topological polar surface area (TPSA) is 26.0 Å². The predicted octanol–water partition coefficient (Wildman–Crippen LogP) is 4.08. The molecule has 0 saturated heterocycles. The van der Waals surface area contributed by atoms with Gasteiger partial charge in [-0.1, -0.05) is 41.9 Å². The fourth-order valence-electron chi connectivity index (χ4n) is 1.83. The van der Waals surface area contributed by atoms with Gasteiger partial charge in [0.2, 0.25) is 0 Å². The Hall–Kier alpha value is -1.31. The molecule has 0 aliphatic heterocycles. The summed E-state index contributed by atoms with van der Waals surface area (Å²) in [6.45, 7) is 4.74. The zero-order valence-corrected chi connectivity index (χ0v) is 10.9. The fourth-order valence-corrected chi connectivity index (χ4v) is 2.14. The first-order chi connectivity index (χ1) is 8.11. The third kappa shape index (κ3) is 2.51. The summed E-state index contributed by atoms with van der Waals surface area (Å²) in [4.78, 5) is 0. The highest BCUT2D eigenvalue weighted by Crippen LogP contribution is 2.29. The summed E-state index contributed by atoms with van der Waals surface area (Å²) >= 11 is 6.28. The van der Waals surface area contributed by atoms with Crippen LogP contribution in [0, 0.1) is 13.8 Å². The molecular formula is C15H16ClN. The molecule has 0 aliphatic carbocycles. The Labute approximate surface area is 107 Å². The molecule has 0 aliphatic rings. The van der Waals surface area contributed by atoms with E-state index in [0.29, 0.717) is 6.54 Å². The Morgan fingerprint density at radius 2 is 1.76 bits per heavy atom. The molecular weight excluding hydrogens is 230 g/mol. The second-order valence-corrected chi connectivity index (χ2v) is 4.72. The maximum absolute atomic E-state index is 6.28. The lowest BCUT2D eigenvalue weighted by Crippen LogP contribution is -1.96. The molecule has 2 rings (SSSR count). The van der Waals surface area contributed by atoms with Crippen LogP contribution in [0.25, 0.3) is 11.1 Å². The summed E-state index contributed by atoms with van der Waals surface area (Å²) in [6.07, 6.45) is 0. The van der Waals surface area contributed by atoms with Crippen LogP contribution in [0.5, 0.6) is 0 Å². The van der Waals surface area contributed by atoms with Crippen molar-refractivity contribution in [2.45, 2.75) is 20.4 Å². The quantitative estimate of drug-likeness (QED) is 0.848. The SMILES string of the molecule is Cc1ccc(-c2ccc(CN)cc2Cl)cc1C. The Morgan fingerprint density at radius 3 is 2.35 bits per heavy atom. The monoisotopic (exact) mass is 245 g/mol. The van der Waals surface area contributed by atoms with E-state index in [0.717, 1.165) is 21.7 Å². The Balaban J connectivity index is 2.49. The van der Waals surface area contributed by atoms with Crippen molar-refractivity contribution in [1.29, 1.82) is 0 Å². The number of nitrogens with two attached hydrogens (primary N) is 1. The summed E-state index contributed by atoms with van der Waals surface area (Å²) in [6, 6.07) is 12.4. The highest BCUT2D eigenvalue weighted by Gasteiger charge is 2.05. The number of hydrogen-bond donors (Lipinski definition) is 1. The average molecular weight is 246 g/mol. The van der Waals surface area contributed by atoms with Gasteiger partial charge in [-0.3, -0.25) is 0 Å². The van der Waals surface area contributed by atoms with Gasteiger partial charge in [-0.15, -0.1) is 0 Å². The van der Waals surface area contributed by atoms with Gasteiger partial charge in [0.05, 0.1) is 0 Å². The number of benzene rings is 2. The van der Waals surface area contributed by atoms with E-state index < -0.39 is 0 Å². The fraction of sp³-hybridized carbons (Fsp3) is 0.200. The van der Waals surface area contributed by atoms with Crippen molar-refractivity contribution < 1.29 is 0 Å². The first-order valence-corrected chi connectivity index (χ1v) is 6.05. The summed E-state index contributed by atoms with van der Waals surface area (Å²) in [5, 5.41) is 0.760. The van der Waals surface area contributed by atoms with Crippen LogP contribution in [-0.4, -0.2) is 0 Å². The van der Waals surface area contributed by atoms with E-state index in [1.165, 1.54) is 11.1 Å². The zero-order valence-electron chi connectivity index (χ0n) is 10.1. The average Bonchev–Trinajstić information content (AvgIpc) is 2.32. The van der Waals surface area contributed by atoms with Crippen molar-refractivity contribution in [1.82, 2.24) is 0 Å². The van der Waals surface area contributed by atoms with Crippen molar-refractivity contribution >= 4 is 11.6 Å². The Morgan fingerprint density at radius 1 is 1.00 bits per heavy atom. The maximum atomic E-state index is 6.28. The lowest BCUT2D eigenvalue weighted by atomic mass is 9.99. The molecule has 0 spiro atoms. The van der Waals surface area contributed by atoms with Crippen molar-refractivity contribution in [3.63, 3.8) is 0 Å². The van der Waals surface area contributed by atoms with Crippen molar-refractivity contribution in [2.24, 2.45) is 5.73 Å². The third-order valence-corrected chi connectivity index (χ3v) is 3.40. The highest BCUT2D eigenvalue weighted by molar-refractivity contribution is 6.33. The van der Waals surface area contributed by atoms with Crippen LogP contribution < -0.4 is 5.73 Å². The van der Waals surface area contributed by atoms with Gasteiger partial charge in [0.25, 0.3) is 0 Å². The zero-order chi connectivity index (χ0) is 12.4. The normalized spacial score (nSPS) is 10.6. The van der Waals surface area contributed by atoms with Gasteiger partial charge < -0.3 is 5.73 Å². The van der Waals surface area contributed by atoms with E-state index in [9.17, 15) is 0 Å². The molecule has 0 bridgehead atoms. The van der Waals surface area contributed by atoms with E-state index in [1.807, 2.05) is 18.2 Å². The lowest BCUT2D eigenvalue weighted by molar-refractivity contribution is 1.07. The standard InChI is InChI=1S/C15H16ClN/c1-10-3-5-13(7-11(10)2)14-6-4-12(9-17)8-15(14)16/h3-8H,9,17H2,1-2H3. The minimum Gasteiger partial charge on any atom is -0.326 e. The molecule has 2 N–H and O–H groups in total. The molecule has 88 valence electrons.